The Kier molecular flexibility index (Phi) is 6.55. The Balaban J connectivity index is 1.41. The highest BCUT2D eigenvalue weighted by molar-refractivity contribution is 7.09. The van der Waals surface area contributed by atoms with E-state index in [0.29, 0.717) is 13.1 Å². The molecule has 25 heavy (non-hydrogen) atoms. The predicted octanol–water partition coefficient (Wildman–Crippen LogP) is 2.11. The number of aromatic nitrogens is 1. The van der Waals surface area contributed by atoms with E-state index >= 15 is 0 Å². The molecule has 1 aliphatic rings. The smallest absolute Gasteiger partial charge is 0.234 e. The molecule has 0 unspecified atom stereocenters. The van der Waals surface area contributed by atoms with E-state index in [-0.39, 0.29) is 5.91 Å². The molecule has 2 heterocycles. The fourth-order valence-electron chi connectivity index (χ4n) is 2.99. The Hall–Kier alpha value is -1.76. The standard InChI is InChI=1S/C19H26N4OS/c1-22-10-5-11-23(13-12-22)14-18(24)20-9-8-19-21-17(15-25-19)16-6-3-2-4-7-16/h2-4,6-7,15H,5,8-14H2,1H3,(H,20,24). The van der Waals surface area contributed by atoms with Crippen LogP contribution in [0.1, 0.15) is 11.4 Å². The van der Waals surface area contributed by atoms with Crippen molar-refractivity contribution < 1.29 is 4.79 Å². The van der Waals surface area contributed by atoms with Gasteiger partial charge in [0.25, 0.3) is 0 Å². The van der Waals surface area contributed by atoms with Gasteiger partial charge in [-0.15, -0.1) is 11.3 Å². The van der Waals surface area contributed by atoms with E-state index in [1.54, 1.807) is 11.3 Å². The van der Waals surface area contributed by atoms with Crippen LogP contribution in [-0.2, 0) is 11.2 Å². The van der Waals surface area contributed by atoms with Crippen LogP contribution in [0.4, 0.5) is 0 Å². The van der Waals surface area contributed by atoms with Crippen molar-refractivity contribution in [2.75, 3.05) is 46.3 Å². The summed E-state index contributed by atoms with van der Waals surface area (Å²) in [5, 5.41) is 6.18. The first kappa shape index (κ1) is 18.0. The van der Waals surface area contributed by atoms with E-state index in [9.17, 15) is 4.79 Å². The summed E-state index contributed by atoms with van der Waals surface area (Å²) < 4.78 is 0. The van der Waals surface area contributed by atoms with Crippen molar-refractivity contribution in [1.82, 2.24) is 20.1 Å². The topological polar surface area (TPSA) is 48.5 Å². The number of carbonyl (C=O) groups excluding carboxylic acids is 1. The van der Waals surface area contributed by atoms with Crippen LogP contribution >= 0.6 is 11.3 Å². The number of nitrogens with one attached hydrogen (secondary N) is 1. The summed E-state index contributed by atoms with van der Waals surface area (Å²) >= 11 is 1.66. The van der Waals surface area contributed by atoms with E-state index < -0.39 is 0 Å². The molecule has 0 radical (unpaired) electrons. The van der Waals surface area contributed by atoms with Gasteiger partial charge in [-0.3, -0.25) is 9.69 Å². The van der Waals surface area contributed by atoms with Crippen molar-refractivity contribution in [3.05, 3.63) is 40.7 Å². The van der Waals surface area contributed by atoms with Crippen molar-refractivity contribution in [3.63, 3.8) is 0 Å². The molecule has 134 valence electrons. The molecule has 1 saturated heterocycles. The lowest BCUT2D eigenvalue weighted by Gasteiger charge is -2.19. The van der Waals surface area contributed by atoms with Gasteiger partial charge in [0, 0.05) is 37.0 Å². The highest BCUT2D eigenvalue weighted by Gasteiger charge is 2.14. The van der Waals surface area contributed by atoms with Gasteiger partial charge in [0.05, 0.1) is 17.2 Å². The number of hydrogen-bond donors (Lipinski definition) is 1. The largest absolute Gasteiger partial charge is 0.355 e. The van der Waals surface area contributed by atoms with Gasteiger partial charge in [0.1, 0.15) is 0 Å². The van der Waals surface area contributed by atoms with Crippen molar-refractivity contribution in [2.24, 2.45) is 0 Å². The van der Waals surface area contributed by atoms with Crippen molar-refractivity contribution in [2.45, 2.75) is 12.8 Å². The molecule has 0 atom stereocenters. The molecule has 1 amide bonds. The Morgan fingerprint density at radius 3 is 2.88 bits per heavy atom. The third-order valence-electron chi connectivity index (χ3n) is 4.46. The van der Waals surface area contributed by atoms with E-state index in [2.05, 4.69) is 44.7 Å². The summed E-state index contributed by atoms with van der Waals surface area (Å²) in [5.74, 6) is 0.115. The Morgan fingerprint density at radius 1 is 1.20 bits per heavy atom. The van der Waals surface area contributed by atoms with Crippen LogP contribution in [0.2, 0.25) is 0 Å². The molecule has 2 aromatic rings. The molecular formula is C19H26N4OS. The lowest BCUT2D eigenvalue weighted by atomic mass is 10.2. The lowest BCUT2D eigenvalue weighted by molar-refractivity contribution is -0.122. The molecule has 0 saturated carbocycles. The van der Waals surface area contributed by atoms with Gasteiger partial charge >= 0.3 is 0 Å². The van der Waals surface area contributed by atoms with Crippen molar-refractivity contribution in [1.29, 1.82) is 0 Å². The summed E-state index contributed by atoms with van der Waals surface area (Å²) in [5.41, 5.74) is 2.15. The van der Waals surface area contributed by atoms with Gasteiger partial charge in [0.2, 0.25) is 5.91 Å². The molecule has 1 aromatic carbocycles. The molecular weight excluding hydrogens is 332 g/mol. The number of hydrogen-bond acceptors (Lipinski definition) is 5. The number of benzene rings is 1. The van der Waals surface area contributed by atoms with Gasteiger partial charge in [-0.2, -0.15) is 0 Å². The SMILES string of the molecule is CN1CCCN(CC(=O)NCCc2nc(-c3ccccc3)cs2)CC1. The Bertz CT molecular complexity index is 673. The summed E-state index contributed by atoms with van der Waals surface area (Å²) in [6.07, 6.45) is 1.91. The number of nitrogens with zero attached hydrogens (tertiary/aromatic N) is 3. The molecule has 1 N–H and O–H groups in total. The van der Waals surface area contributed by atoms with Gasteiger partial charge < -0.3 is 10.2 Å². The molecule has 0 aliphatic carbocycles. The third kappa shape index (κ3) is 5.63. The first-order chi connectivity index (χ1) is 12.2. The van der Waals surface area contributed by atoms with Gasteiger partial charge in [-0.25, -0.2) is 4.98 Å². The number of thiazole rings is 1. The van der Waals surface area contributed by atoms with Crippen LogP contribution in [0.15, 0.2) is 35.7 Å². The van der Waals surface area contributed by atoms with Crippen LogP contribution in [0, 0.1) is 0 Å². The molecule has 6 heteroatoms. The molecule has 1 aromatic heterocycles. The number of carbonyl (C=O) groups is 1. The third-order valence-corrected chi connectivity index (χ3v) is 5.37. The first-order valence-electron chi connectivity index (χ1n) is 8.88. The van der Waals surface area contributed by atoms with Gasteiger partial charge in [-0.1, -0.05) is 30.3 Å². The average Bonchev–Trinajstić information content (AvgIpc) is 3.00. The van der Waals surface area contributed by atoms with Crippen LogP contribution < -0.4 is 5.32 Å². The van der Waals surface area contributed by atoms with Crippen LogP contribution in [-0.4, -0.2) is 67.0 Å². The fourth-order valence-corrected chi connectivity index (χ4v) is 3.80. The molecule has 3 rings (SSSR count). The maximum Gasteiger partial charge on any atom is 0.234 e. The summed E-state index contributed by atoms with van der Waals surface area (Å²) in [6, 6.07) is 10.2. The minimum absolute atomic E-state index is 0.115. The zero-order valence-corrected chi connectivity index (χ0v) is 15.6. The lowest BCUT2D eigenvalue weighted by Crippen LogP contribution is -2.39. The molecule has 5 nitrogen and oxygen atoms in total. The zero-order chi connectivity index (χ0) is 17.5. The Labute approximate surface area is 153 Å². The second-order valence-corrected chi connectivity index (χ2v) is 7.47. The number of rotatable bonds is 6. The van der Waals surface area contributed by atoms with Crippen LogP contribution in [0.25, 0.3) is 11.3 Å². The summed E-state index contributed by atoms with van der Waals surface area (Å²) in [7, 11) is 2.14. The molecule has 1 aliphatic heterocycles. The minimum atomic E-state index is 0.115. The number of amides is 1. The maximum atomic E-state index is 12.1. The fraction of sp³-hybridized carbons (Fsp3) is 0.474. The minimum Gasteiger partial charge on any atom is -0.355 e. The van der Waals surface area contributed by atoms with Crippen molar-refractivity contribution in [3.8, 4) is 11.3 Å². The highest BCUT2D eigenvalue weighted by Crippen LogP contribution is 2.21. The summed E-state index contributed by atoms with van der Waals surface area (Å²) in [6.45, 7) is 5.28. The molecule has 1 fully saturated rings. The average molecular weight is 359 g/mol. The second kappa shape index (κ2) is 9.08. The monoisotopic (exact) mass is 358 g/mol. The van der Waals surface area contributed by atoms with E-state index in [1.807, 2.05) is 18.2 Å². The highest BCUT2D eigenvalue weighted by atomic mass is 32.1. The van der Waals surface area contributed by atoms with Crippen LogP contribution in [0.3, 0.4) is 0 Å². The number of likely N-dealkylation sites (N-methyl/N-ethyl adjacent to an activating group) is 1. The van der Waals surface area contributed by atoms with Crippen molar-refractivity contribution >= 4 is 17.2 Å². The van der Waals surface area contributed by atoms with E-state index in [4.69, 9.17) is 0 Å². The quantitative estimate of drug-likeness (QED) is 0.859. The van der Waals surface area contributed by atoms with Gasteiger partial charge in [0.15, 0.2) is 0 Å². The second-order valence-electron chi connectivity index (χ2n) is 6.53. The first-order valence-corrected chi connectivity index (χ1v) is 9.76. The maximum absolute atomic E-state index is 12.1. The summed E-state index contributed by atoms with van der Waals surface area (Å²) in [4.78, 5) is 21.4. The molecule has 0 bridgehead atoms. The predicted molar refractivity (Wildman–Crippen MR) is 103 cm³/mol. The zero-order valence-electron chi connectivity index (χ0n) is 14.8. The molecule has 0 spiro atoms. The Morgan fingerprint density at radius 2 is 2.04 bits per heavy atom. The van der Waals surface area contributed by atoms with E-state index in [1.165, 1.54) is 0 Å². The van der Waals surface area contributed by atoms with Gasteiger partial charge in [-0.05, 0) is 26.6 Å². The van der Waals surface area contributed by atoms with Crippen LogP contribution in [0.5, 0.6) is 0 Å². The normalized spacial score (nSPS) is 16.5. The van der Waals surface area contributed by atoms with E-state index in [0.717, 1.165) is 55.3 Å².